The maximum Gasteiger partial charge on any atom is 0.243 e. The molecule has 0 aromatic heterocycles. The van der Waals surface area contributed by atoms with Crippen LogP contribution in [-0.4, -0.2) is 47.5 Å². The standard InChI is InChI=1S/C21H25NO3S/c1-14(2)7-10-22-11-8-21(9-12-22)13-26-20-18(24)17(23)15-5-3-4-6-16(15)19(20)25-21/h3-6,14H,7-13H2,1-2H3. The van der Waals surface area contributed by atoms with Crippen LogP contribution in [0.1, 0.15) is 49.0 Å². The van der Waals surface area contributed by atoms with E-state index >= 15 is 0 Å². The van der Waals surface area contributed by atoms with Gasteiger partial charge in [-0.1, -0.05) is 38.1 Å². The molecule has 0 bridgehead atoms. The number of carbonyl (C=O) groups excluding carboxylic acids is 2. The van der Waals surface area contributed by atoms with Crippen molar-refractivity contribution >= 4 is 29.1 Å². The molecule has 2 aliphatic heterocycles. The number of carbonyl (C=O) groups is 2. The highest BCUT2D eigenvalue weighted by molar-refractivity contribution is 8.04. The van der Waals surface area contributed by atoms with Gasteiger partial charge >= 0.3 is 0 Å². The van der Waals surface area contributed by atoms with Crippen LogP contribution in [0.15, 0.2) is 29.2 Å². The second-order valence-corrected chi connectivity index (χ2v) is 8.95. The SMILES string of the molecule is CC(C)CCN1CCC2(CC1)CSC1=C(O2)c2ccccc2C(=O)C1=O. The minimum Gasteiger partial charge on any atom is -0.484 e. The van der Waals surface area contributed by atoms with E-state index in [9.17, 15) is 9.59 Å². The lowest BCUT2D eigenvalue weighted by Crippen LogP contribution is -2.49. The molecule has 0 unspecified atom stereocenters. The van der Waals surface area contributed by atoms with Gasteiger partial charge in [0.1, 0.15) is 16.3 Å². The molecule has 1 fully saturated rings. The van der Waals surface area contributed by atoms with Crippen LogP contribution in [0.2, 0.25) is 0 Å². The van der Waals surface area contributed by atoms with Gasteiger partial charge in [-0.3, -0.25) is 9.59 Å². The quantitative estimate of drug-likeness (QED) is 0.757. The van der Waals surface area contributed by atoms with Gasteiger partial charge in [0.05, 0.1) is 0 Å². The second kappa shape index (κ2) is 6.86. The Labute approximate surface area is 159 Å². The van der Waals surface area contributed by atoms with Crippen molar-refractivity contribution in [2.45, 2.75) is 38.7 Å². The van der Waals surface area contributed by atoms with Gasteiger partial charge in [0.15, 0.2) is 0 Å². The summed E-state index contributed by atoms with van der Waals surface area (Å²) in [4.78, 5) is 27.8. The monoisotopic (exact) mass is 371 g/mol. The largest absolute Gasteiger partial charge is 0.484 e. The summed E-state index contributed by atoms with van der Waals surface area (Å²) in [6.07, 6.45) is 3.17. The van der Waals surface area contributed by atoms with Gasteiger partial charge in [0.2, 0.25) is 11.6 Å². The van der Waals surface area contributed by atoms with E-state index in [2.05, 4.69) is 18.7 Å². The molecule has 2 heterocycles. The molecule has 0 amide bonds. The zero-order valence-electron chi connectivity index (χ0n) is 15.4. The van der Waals surface area contributed by atoms with Gasteiger partial charge < -0.3 is 9.64 Å². The highest BCUT2D eigenvalue weighted by atomic mass is 32.2. The van der Waals surface area contributed by atoms with E-state index < -0.39 is 11.6 Å². The number of benzene rings is 1. The number of fused-ring (bicyclic) bond motifs is 2. The highest BCUT2D eigenvalue weighted by Gasteiger charge is 2.45. The molecule has 1 aromatic carbocycles. The summed E-state index contributed by atoms with van der Waals surface area (Å²) >= 11 is 1.51. The number of Topliss-reactive ketones (excluding diaryl/α,β-unsaturated/α-hetero) is 2. The lowest BCUT2D eigenvalue weighted by Gasteiger charge is -2.45. The molecule has 1 aromatic rings. The van der Waals surface area contributed by atoms with Crippen molar-refractivity contribution in [1.29, 1.82) is 0 Å². The van der Waals surface area contributed by atoms with Gasteiger partial charge in [0, 0.05) is 42.8 Å². The summed E-state index contributed by atoms with van der Waals surface area (Å²) in [7, 11) is 0. The third kappa shape index (κ3) is 3.12. The lowest BCUT2D eigenvalue weighted by atomic mass is 9.90. The molecule has 5 heteroatoms. The van der Waals surface area contributed by atoms with Gasteiger partial charge in [0.25, 0.3) is 0 Å². The maximum absolute atomic E-state index is 12.5. The van der Waals surface area contributed by atoms with Gasteiger partial charge in [-0.05, 0) is 18.9 Å². The molecule has 0 N–H and O–H groups in total. The molecular formula is C21H25NO3S. The molecule has 0 atom stereocenters. The molecule has 138 valence electrons. The van der Waals surface area contributed by atoms with Crippen LogP contribution < -0.4 is 0 Å². The van der Waals surface area contributed by atoms with E-state index in [4.69, 9.17) is 4.74 Å². The molecule has 26 heavy (non-hydrogen) atoms. The fourth-order valence-corrected chi connectivity index (χ4v) is 5.14. The number of rotatable bonds is 3. The Morgan fingerprint density at radius 3 is 2.50 bits per heavy atom. The van der Waals surface area contributed by atoms with E-state index in [1.165, 1.54) is 18.2 Å². The van der Waals surface area contributed by atoms with Crippen molar-refractivity contribution in [3.8, 4) is 0 Å². The average molecular weight is 372 g/mol. The van der Waals surface area contributed by atoms with Crippen molar-refractivity contribution in [3.63, 3.8) is 0 Å². The predicted octanol–water partition coefficient (Wildman–Crippen LogP) is 3.76. The minimum absolute atomic E-state index is 0.217. The first kappa shape index (κ1) is 17.8. The van der Waals surface area contributed by atoms with E-state index in [0.717, 1.165) is 49.7 Å². The molecule has 1 saturated heterocycles. The zero-order valence-corrected chi connectivity index (χ0v) is 16.2. The number of nitrogens with zero attached hydrogens (tertiary/aromatic N) is 1. The predicted molar refractivity (Wildman–Crippen MR) is 104 cm³/mol. The third-order valence-corrected chi connectivity index (χ3v) is 6.95. The highest BCUT2D eigenvalue weighted by Crippen LogP contribution is 2.47. The topological polar surface area (TPSA) is 46.6 Å². The van der Waals surface area contributed by atoms with E-state index in [1.807, 2.05) is 12.1 Å². The normalized spacial score (nSPS) is 22.4. The maximum atomic E-state index is 12.5. The summed E-state index contributed by atoms with van der Waals surface area (Å²) in [5, 5.41) is 0. The number of ketones is 2. The van der Waals surface area contributed by atoms with E-state index in [0.29, 0.717) is 16.2 Å². The van der Waals surface area contributed by atoms with Crippen LogP contribution in [0.5, 0.6) is 0 Å². The Morgan fingerprint density at radius 1 is 1.12 bits per heavy atom. The number of allylic oxidation sites excluding steroid dienone is 1. The van der Waals surface area contributed by atoms with Gasteiger partial charge in [-0.15, -0.1) is 11.8 Å². The third-order valence-electron chi connectivity index (χ3n) is 5.62. The average Bonchev–Trinajstić information content (AvgIpc) is 2.66. The van der Waals surface area contributed by atoms with E-state index in [1.54, 1.807) is 12.1 Å². The van der Waals surface area contributed by atoms with Crippen molar-refractivity contribution in [2.75, 3.05) is 25.4 Å². The van der Waals surface area contributed by atoms with Crippen molar-refractivity contribution in [1.82, 2.24) is 4.90 Å². The first-order chi connectivity index (χ1) is 12.5. The number of ether oxygens (including phenoxy) is 1. The smallest absolute Gasteiger partial charge is 0.243 e. The molecule has 3 aliphatic rings. The summed E-state index contributed by atoms with van der Waals surface area (Å²) in [6.45, 7) is 7.73. The van der Waals surface area contributed by atoms with Crippen LogP contribution in [0, 0.1) is 5.92 Å². The second-order valence-electron chi connectivity index (χ2n) is 7.96. The van der Waals surface area contributed by atoms with Gasteiger partial charge in [-0.2, -0.15) is 0 Å². The minimum atomic E-state index is -0.409. The first-order valence-electron chi connectivity index (χ1n) is 9.46. The fourth-order valence-electron chi connectivity index (χ4n) is 3.88. The summed E-state index contributed by atoms with van der Waals surface area (Å²) < 4.78 is 6.50. The van der Waals surface area contributed by atoms with Crippen molar-refractivity contribution < 1.29 is 14.3 Å². The summed E-state index contributed by atoms with van der Waals surface area (Å²) in [6, 6.07) is 7.32. The lowest BCUT2D eigenvalue weighted by molar-refractivity contribution is -0.111. The Balaban J connectivity index is 1.54. The Kier molecular flexibility index (Phi) is 4.70. The molecule has 4 nitrogen and oxygen atoms in total. The number of piperidine rings is 1. The van der Waals surface area contributed by atoms with E-state index in [-0.39, 0.29) is 5.60 Å². The number of hydrogen-bond acceptors (Lipinski definition) is 5. The van der Waals surface area contributed by atoms with Crippen molar-refractivity contribution in [2.24, 2.45) is 5.92 Å². The van der Waals surface area contributed by atoms with Crippen LogP contribution >= 0.6 is 11.8 Å². The number of hydrogen-bond donors (Lipinski definition) is 0. The van der Waals surface area contributed by atoms with Gasteiger partial charge in [-0.25, -0.2) is 0 Å². The molecule has 1 aliphatic carbocycles. The zero-order chi connectivity index (χ0) is 18.3. The Hall–Kier alpha value is -1.59. The fraction of sp³-hybridized carbons (Fsp3) is 0.524. The summed E-state index contributed by atoms with van der Waals surface area (Å²) in [5.74, 6) is 1.30. The molecule has 4 rings (SSSR count). The first-order valence-corrected chi connectivity index (χ1v) is 10.4. The van der Waals surface area contributed by atoms with Crippen LogP contribution in [0.4, 0.5) is 0 Å². The van der Waals surface area contributed by atoms with Crippen LogP contribution in [-0.2, 0) is 9.53 Å². The Bertz CT molecular complexity index is 775. The number of thioether (sulfide) groups is 1. The molecular weight excluding hydrogens is 346 g/mol. The van der Waals surface area contributed by atoms with Crippen molar-refractivity contribution in [3.05, 3.63) is 40.3 Å². The van der Waals surface area contributed by atoms with Crippen LogP contribution in [0.25, 0.3) is 5.76 Å². The molecule has 1 spiro atoms. The molecule has 0 radical (unpaired) electrons. The number of likely N-dealkylation sites (tertiary alicyclic amines) is 1. The Morgan fingerprint density at radius 2 is 1.81 bits per heavy atom. The molecule has 0 saturated carbocycles. The van der Waals surface area contributed by atoms with Crippen LogP contribution in [0.3, 0.4) is 0 Å². The summed E-state index contributed by atoms with van der Waals surface area (Å²) in [5.41, 5.74) is 1.04.